The zero-order valence-corrected chi connectivity index (χ0v) is 9.34. The Morgan fingerprint density at radius 3 is 2.72 bits per heavy atom. The Balaban J connectivity index is 2.68. The first-order chi connectivity index (χ1) is 8.56. The first-order valence-electron chi connectivity index (χ1n) is 5.12. The van der Waals surface area contributed by atoms with E-state index < -0.39 is 18.2 Å². The Bertz CT molecular complexity index is 455. The molecule has 0 aliphatic carbocycles. The van der Waals surface area contributed by atoms with E-state index in [4.69, 9.17) is 10.6 Å². The van der Waals surface area contributed by atoms with E-state index in [1.165, 1.54) is 18.3 Å². The molecule has 96 valence electrons. The summed E-state index contributed by atoms with van der Waals surface area (Å²) < 4.78 is 0. The van der Waals surface area contributed by atoms with Crippen LogP contribution in [0.4, 0.5) is 0 Å². The van der Waals surface area contributed by atoms with Gasteiger partial charge in [0.2, 0.25) is 0 Å². The average molecular weight is 252 g/mol. The van der Waals surface area contributed by atoms with Crippen molar-refractivity contribution in [2.45, 2.75) is 18.6 Å². The summed E-state index contributed by atoms with van der Waals surface area (Å²) in [5.74, 6) is -1.17. The van der Waals surface area contributed by atoms with Crippen molar-refractivity contribution in [3.05, 3.63) is 40.0 Å². The minimum Gasteiger partial charge on any atom is -0.477 e. The van der Waals surface area contributed by atoms with E-state index in [-0.39, 0.29) is 18.7 Å². The van der Waals surface area contributed by atoms with Crippen LogP contribution in [-0.4, -0.2) is 38.9 Å². The van der Waals surface area contributed by atoms with Crippen molar-refractivity contribution in [3.8, 4) is 0 Å². The summed E-state index contributed by atoms with van der Waals surface area (Å²) in [6, 6.07) is 2.61. The van der Waals surface area contributed by atoms with Gasteiger partial charge in [-0.15, -0.1) is 0 Å². The molecule has 0 radical (unpaired) electrons. The normalized spacial score (nSPS) is 13.4. The second-order valence-electron chi connectivity index (χ2n) is 3.54. The quantitative estimate of drug-likeness (QED) is 0.391. The fourth-order valence-electron chi connectivity index (χ4n) is 1.32. The largest absolute Gasteiger partial charge is 0.477 e. The number of aliphatic hydroxyl groups excluding tert-OH is 2. The van der Waals surface area contributed by atoms with Crippen molar-refractivity contribution in [2.24, 2.45) is 5.11 Å². The average Bonchev–Trinajstić information content (AvgIpc) is 2.38. The summed E-state index contributed by atoms with van der Waals surface area (Å²) >= 11 is 0. The Labute approximate surface area is 102 Å². The molecular formula is C10H12N4O4. The van der Waals surface area contributed by atoms with Crippen molar-refractivity contribution in [1.29, 1.82) is 0 Å². The molecule has 2 atom stereocenters. The molecule has 0 aromatic carbocycles. The van der Waals surface area contributed by atoms with Crippen molar-refractivity contribution in [3.63, 3.8) is 0 Å². The van der Waals surface area contributed by atoms with Crippen LogP contribution >= 0.6 is 0 Å². The molecular weight excluding hydrogens is 240 g/mol. The maximum Gasteiger partial charge on any atom is 0.354 e. The van der Waals surface area contributed by atoms with Gasteiger partial charge in [-0.1, -0.05) is 11.2 Å². The third kappa shape index (κ3) is 3.70. The second-order valence-corrected chi connectivity index (χ2v) is 3.54. The van der Waals surface area contributed by atoms with Crippen LogP contribution in [0.5, 0.6) is 0 Å². The van der Waals surface area contributed by atoms with Gasteiger partial charge in [0.05, 0.1) is 6.10 Å². The molecule has 8 nitrogen and oxygen atoms in total. The number of azide groups is 1. The summed E-state index contributed by atoms with van der Waals surface area (Å²) in [5.41, 5.74) is 8.22. The fourth-order valence-corrected chi connectivity index (χ4v) is 1.32. The number of carboxylic acid groups (broad SMARTS) is 1. The Kier molecular flexibility index (Phi) is 5.06. The summed E-state index contributed by atoms with van der Waals surface area (Å²) in [7, 11) is 0. The fraction of sp³-hybridized carbons (Fsp3) is 0.400. The highest BCUT2D eigenvalue weighted by molar-refractivity contribution is 5.85. The first-order valence-corrected chi connectivity index (χ1v) is 5.12. The van der Waals surface area contributed by atoms with Gasteiger partial charge in [0, 0.05) is 23.2 Å². The van der Waals surface area contributed by atoms with E-state index >= 15 is 0 Å². The van der Waals surface area contributed by atoms with Crippen LogP contribution in [0.1, 0.15) is 28.6 Å². The zero-order valence-electron chi connectivity index (χ0n) is 9.34. The number of aliphatic hydroxyl groups is 2. The topological polar surface area (TPSA) is 139 Å². The zero-order chi connectivity index (χ0) is 13.5. The summed E-state index contributed by atoms with van der Waals surface area (Å²) in [4.78, 5) is 16.7. The van der Waals surface area contributed by atoms with Crippen molar-refractivity contribution in [1.82, 2.24) is 4.98 Å². The van der Waals surface area contributed by atoms with Gasteiger partial charge in [-0.25, -0.2) is 9.78 Å². The van der Waals surface area contributed by atoms with E-state index in [0.717, 1.165) is 0 Å². The molecule has 0 saturated heterocycles. The number of carboxylic acids is 1. The SMILES string of the molecule is [N-]=[N+]=NCCC(O)C(O)c1ccc(C(=O)O)nc1. The maximum atomic E-state index is 10.6. The lowest BCUT2D eigenvalue weighted by molar-refractivity contribution is 0.0148. The maximum absolute atomic E-state index is 10.6. The lowest BCUT2D eigenvalue weighted by Crippen LogP contribution is -2.19. The predicted octanol–water partition coefficient (Wildman–Crippen LogP) is 0.875. The van der Waals surface area contributed by atoms with E-state index in [1.807, 2.05) is 0 Å². The lowest BCUT2D eigenvalue weighted by atomic mass is 10.0. The van der Waals surface area contributed by atoms with Gasteiger partial charge >= 0.3 is 5.97 Å². The highest BCUT2D eigenvalue weighted by Gasteiger charge is 2.18. The minimum absolute atomic E-state index is 0.0648. The van der Waals surface area contributed by atoms with Gasteiger partial charge in [-0.05, 0) is 18.0 Å². The number of hydrogen-bond donors (Lipinski definition) is 3. The van der Waals surface area contributed by atoms with Crippen LogP contribution in [0.2, 0.25) is 0 Å². The standard InChI is InChI=1S/C10H12N4O4/c11-14-13-4-3-8(15)9(16)6-1-2-7(10(17)18)12-5-6/h1-2,5,8-9,15-16H,3-4H2,(H,17,18). The molecule has 3 N–H and O–H groups in total. The van der Waals surface area contributed by atoms with Gasteiger partial charge in [0.15, 0.2) is 0 Å². The number of rotatable bonds is 6. The van der Waals surface area contributed by atoms with Gasteiger partial charge in [-0.3, -0.25) is 0 Å². The van der Waals surface area contributed by atoms with Crippen molar-refractivity contribution < 1.29 is 20.1 Å². The molecule has 1 aromatic rings. The third-order valence-electron chi connectivity index (χ3n) is 2.30. The third-order valence-corrected chi connectivity index (χ3v) is 2.30. The number of aromatic nitrogens is 1. The van der Waals surface area contributed by atoms with Gasteiger partial charge in [0.25, 0.3) is 0 Å². The van der Waals surface area contributed by atoms with Crippen LogP contribution in [0.3, 0.4) is 0 Å². The van der Waals surface area contributed by atoms with E-state index in [2.05, 4.69) is 15.0 Å². The highest BCUT2D eigenvalue weighted by atomic mass is 16.4. The number of nitrogens with zero attached hydrogens (tertiary/aromatic N) is 4. The van der Waals surface area contributed by atoms with Crippen LogP contribution in [0.15, 0.2) is 23.4 Å². The number of carbonyl (C=O) groups is 1. The van der Waals surface area contributed by atoms with E-state index in [1.54, 1.807) is 0 Å². The smallest absolute Gasteiger partial charge is 0.354 e. The molecule has 0 fully saturated rings. The number of aromatic carboxylic acids is 1. The van der Waals surface area contributed by atoms with Crippen LogP contribution in [0, 0.1) is 0 Å². The predicted molar refractivity (Wildman–Crippen MR) is 60.8 cm³/mol. The lowest BCUT2D eigenvalue weighted by Gasteiger charge is -2.16. The van der Waals surface area contributed by atoms with Crippen molar-refractivity contribution >= 4 is 5.97 Å². The number of pyridine rings is 1. The first kappa shape index (κ1) is 13.9. The molecule has 0 bridgehead atoms. The molecule has 1 rings (SSSR count). The van der Waals surface area contributed by atoms with Gasteiger partial charge in [-0.2, -0.15) is 0 Å². The highest BCUT2D eigenvalue weighted by Crippen LogP contribution is 2.18. The van der Waals surface area contributed by atoms with E-state index in [9.17, 15) is 15.0 Å². The molecule has 0 aliphatic heterocycles. The molecule has 18 heavy (non-hydrogen) atoms. The molecule has 8 heteroatoms. The van der Waals surface area contributed by atoms with Crippen LogP contribution in [0.25, 0.3) is 10.4 Å². The minimum atomic E-state index is -1.20. The molecule has 0 aliphatic rings. The van der Waals surface area contributed by atoms with Crippen LogP contribution < -0.4 is 0 Å². The second kappa shape index (κ2) is 6.55. The summed E-state index contributed by atoms with van der Waals surface area (Å²) in [5, 5.41) is 31.2. The molecule has 1 aromatic heterocycles. The summed E-state index contributed by atoms with van der Waals surface area (Å²) in [6.07, 6.45) is -1.02. The molecule has 2 unspecified atom stereocenters. The monoisotopic (exact) mass is 252 g/mol. The van der Waals surface area contributed by atoms with Gasteiger partial charge < -0.3 is 15.3 Å². The van der Waals surface area contributed by atoms with E-state index in [0.29, 0.717) is 5.56 Å². The Morgan fingerprint density at radius 1 is 1.50 bits per heavy atom. The Hall–Kier alpha value is -2.15. The van der Waals surface area contributed by atoms with Crippen molar-refractivity contribution in [2.75, 3.05) is 6.54 Å². The molecule has 0 amide bonds. The van der Waals surface area contributed by atoms with Crippen LogP contribution in [-0.2, 0) is 0 Å². The number of hydrogen-bond acceptors (Lipinski definition) is 5. The summed E-state index contributed by atoms with van der Waals surface area (Å²) in [6.45, 7) is 0.0648. The molecule has 1 heterocycles. The van der Waals surface area contributed by atoms with Gasteiger partial charge in [0.1, 0.15) is 11.8 Å². The Morgan fingerprint density at radius 2 is 2.22 bits per heavy atom. The molecule has 0 spiro atoms. The molecule has 0 saturated carbocycles.